The molecule has 1 N–H and O–H groups in total. The van der Waals surface area contributed by atoms with E-state index in [4.69, 9.17) is 18.6 Å². The van der Waals surface area contributed by atoms with E-state index in [0.29, 0.717) is 12.4 Å². The number of fused-ring (bicyclic) bond motifs is 1. The topological polar surface area (TPSA) is 57.2 Å². The number of phenolic OH excluding ortho intramolecular Hbond substituents is 1. The van der Waals surface area contributed by atoms with E-state index in [1.54, 1.807) is 19.2 Å². The van der Waals surface area contributed by atoms with Crippen molar-refractivity contribution < 1.29 is 23.7 Å². The lowest BCUT2D eigenvalue weighted by Gasteiger charge is -2.40. The van der Waals surface area contributed by atoms with Crippen LogP contribution in [0.5, 0.6) is 17.2 Å². The Morgan fingerprint density at radius 1 is 1.03 bits per heavy atom. The Kier molecular flexibility index (Phi) is 10.9. The van der Waals surface area contributed by atoms with Gasteiger partial charge in [-0.3, -0.25) is 0 Å². The first-order valence-electron chi connectivity index (χ1n) is 14.3. The van der Waals surface area contributed by atoms with Crippen LogP contribution in [0.1, 0.15) is 83.3 Å². The second-order valence-electron chi connectivity index (χ2n) is 12.4. The molecule has 5 nitrogen and oxygen atoms in total. The van der Waals surface area contributed by atoms with Gasteiger partial charge in [0.25, 0.3) is 0 Å². The minimum atomic E-state index is -1.63. The molecule has 1 heterocycles. The third-order valence-corrected chi connectivity index (χ3v) is 12.8. The fraction of sp³-hybridized carbons (Fsp3) is 0.576. The molecule has 1 aliphatic rings. The summed E-state index contributed by atoms with van der Waals surface area (Å²) < 4.78 is 23.2. The Morgan fingerprint density at radius 2 is 1.72 bits per heavy atom. The quantitative estimate of drug-likeness (QED) is 0.125. The molecule has 2 unspecified atom stereocenters. The molecule has 2 aromatic rings. The first-order chi connectivity index (χ1) is 18.5. The molecule has 2 aromatic carbocycles. The summed E-state index contributed by atoms with van der Waals surface area (Å²) in [6, 6.07) is 13.4. The zero-order valence-corrected chi connectivity index (χ0v) is 26.1. The smallest absolute Gasteiger partial charge is 0.191 e. The number of rotatable bonds is 12. The van der Waals surface area contributed by atoms with Gasteiger partial charge in [0.1, 0.15) is 17.2 Å². The molecule has 0 saturated carbocycles. The van der Waals surface area contributed by atoms with E-state index >= 15 is 0 Å². The Labute approximate surface area is 237 Å². The summed E-state index contributed by atoms with van der Waals surface area (Å²) in [5.41, 5.74) is 1.83. The highest BCUT2D eigenvalue weighted by Crippen LogP contribution is 2.47. The van der Waals surface area contributed by atoms with Crippen molar-refractivity contribution in [2.45, 2.75) is 95.7 Å². The van der Waals surface area contributed by atoms with Crippen molar-refractivity contribution in [2.75, 3.05) is 27.1 Å². The lowest BCUT2D eigenvalue weighted by Crippen LogP contribution is -2.40. The standard InChI is InChI=1S/C33H48O5Si/c1-32(2,3)39(6,7)38-22-14-12-10-8-9-11-13-15-30-29-21-20-28(37-25-35-5)23-31(29)36-24-33(30,4)26-16-18-27(34)19-17-26/h16-21,23,30,34H,8-12,14,22,24-25H2,1-7H3. The van der Waals surface area contributed by atoms with Gasteiger partial charge in [-0.15, -0.1) is 5.92 Å². The molecule has 6 heteroatoms. The number of ether oxygens (including phenoxy) is 3. The maximum absolute atomic E-state index is 9.84. The molecule has 0 bridgehead atoms. The molecular weight excluding hydrogens is 504 g/mol. The molecule has 0 saturated heterocycles. The Bertz CT molecular complexity index is 1110. The maximum Gasteiger partial charge on any atom is 0.191 e. The van der Waals surface area contributed by atoms with Gasteiger partial charge in [0.15, 0.2) is 15.1 Å². The molecule has 0 spiro atoms. The van der Waals surface area contributed by atoms with Crippen LogP contribution in [0, 0.1) is 11.8 Å². The summed E-state index contributed by atoms with van der Waals surface area (Å²) in [6.07, 6.45) is 6.74. The zero-order valence-electron chi connectivity index (χ0n) is 25.1. The Morgan fingerprint density at radius 3 is 2.41 bits per heavy atom. The van der Waals surface area contributed by atoms with Crippen molar-refractivity contribution in [1.82, 2.24) is 0 Å². The molecule has 0 radical (unpaired) electrons. The van der Waals surface area contributed by atoms with Crippen LogP contribution in [-0.2, 0) is 14.6 Å². The SMILES string of the molecule is COCOc1ccc2c(c1)OCC(C)(c1ccc(O)cc1)C2C#CCCCCCCCO[Si](C)(C)C(C)(C)C. The number of hydrogen-bond acceptors (Lipinski definition) is 5. The summed E-state index contributed by atoms with van der Waals surface area (Å²) in [6.45, 7) is 15.3. The van der Waals surface area contributed by atoms with Crippen LogP contribution in [0.2, 0.25) is 18.1 Å². The molecule has 1 aliphatic heterocycles. The van der Waals surface area contributed by atoms with Crippen molar-refractivity contribution in [3.63, 3.8) is 0 Å². The van der Waals surface area contributed by atoms with Gasteiger partial charge in [0.05, 0.1) is 12.5 Å². The summed E-state index contributed by atoms with van der Waals surface area (Å²) in [5.74, 6) is 8.85. The van der Waals surface area contributed by atoms with Crippen LogP contribution in [0.3, 0.4) is 0 Å². The van der Waals surface area contributed by atoms with Crippen LogP contribution in [0.4, 0.5) is 0 Å². The minimum Gasteiger partial charge on any atom is -0.508 e. The van der Waals surface area contributed by atoms with Crippen LogP contribution < -0.4 is 9.47 Å². The molecule has 0 fully saturated rings. The van der Waals surface area contributed by atoms with E-state index in [1.165, 1.54) is 19.3 Å². The van der Waals surface area contributed by atoms with Gasteiger partial charge in [0, 0.05) is 37.2 Å². The number of aromatic hydroxyl groups is 1. The van der Waals surface area contributed by atoms with Gasteiger partial charge in [-0.1, -0.05) is 71.1 Å². The molecule has 0 amide bonds. The minimum absolute atomic E-state index is 0.0326. The molecule has 0 aliphatic carbocycles. The normalized spacial score (nSPS) is 19.0. The zero-order chi connectivity index (χ0) is 28.5. The number of unbranched alkanes of at least 4 members (excludes halogenated alkanes) is 5. The fourth-order valence-electron chi connectivity index (χ4n) is 4.64. The van der Waals surface area contributed by atoms with Crippen molar-refractivity contribution in [3.05, 3.63) is 53.6 Å². The Hall–Kier alpha value is -2.46. The van der Waals surface area contributed by atoms with E-state index in [2.05, 4.69) is 58.7 Å². The summed E-state index contributed by atoms with van der Waals surface area (Å²) in [5, 5.41) is 10.1. The number of benzene rings is 2. The predicted octanol–water partition coefficient (Wildman–Crippen LogP) is 8.17. The van der Waals surface area contributed by atoms with E-state index in [0.717, 1.165) is 42.7 Å². The Balaban J connectivity index is 1.60. The lowest BCUT2D eigenvalue weighted by atomic mass is 9.68. The van der Waals surface area contributed by atoms with Gasteiger partial charge in [-0.2, -0.15) is 0 Å². The average Bonchev–Trinajstić information content (AvgIpc) is 2.89. The van der Waals surface area contributed by atoms with E-state index < -0.39 is 8.32 Å². The van der Waals surface area contributed by atoms with Gasteiger partial charge < -0.3 is 23.7 Å². The fourth-order valence-corrected chi connectivity index (χ4v) is 5.73. The molecule has 214 valence electrons. The number of phenols is 1. The highest BCUT2D eigenvalue weighted by molar-refractivity contribution is 6.74. The molecule has 0 aromatic heterocycles. The summed E-state index contributed by atoms with van der Waals surface area (Å²) in [7, 11) is -0.0283. The van der Waals surface area contributed by atoms with Gasteiger partial charge in [-0.25, -0.2) is 0 Å². The second-order valence-corrected chi connectivity index (χ2v) is 17.2. The van der Waals surface area contributed by atoms with Crippen molar-refractivity contribution in [3.8, 4) is 29.1 Å². The predicted molar refractivity (Wildman–Crippen MR) is 161 cm³/mol. The van der Waals surface area contributed by atoms with Crippen molar-refractivity contribution in [2.24, 2.45) is 0 Å². The lowest BCUT2D eigenvalue weighted by molar-refractivity contribution is 0.0507. The van der Waals surface area contributed by atoms with Gasteiger partial charge in [-0.05, 0) is 54.7 Å². The van der Waals surface area contributed by atoms with Crippen LogP contribution in [-0.4, -0.2) is 40.5 Å². The number of methoxy groups -OCH3 is 1. The highest BCUT2D eigenvalue weighted by Gasteiger charge is 2.42. The van der Waals surface area contributed by atoms with Crippen molar-refractivity contribution in [1.29, 1.82) is 0 Å². The van der Waals surface area contributed by atoms with Crippen LogP contribution in [0.25, 0.3) is 0 Å². The summed E-state index contributed by atoms with van der Waals surface area (Å²) in [4.78, 5) is 0. The molecular formula is C33H48O5Si. The third-order valence-electron chi connectivity index (χ3n) is 8.29. The maximum atomic E-state index is 9.84. The highest BCUT2D eigenvalue weighted by atomic mass is 28.4. The van der Waals surface area contributed by atoms with Gasteiger partial charge in [0.2, 0.25) is 0 Å². The van der Waals surface area contributed by atoms with Gasteiger partial charge >= 0.3 is 0 Å². The molecule has 39 heavy (non-hydrogen) atoms. The monoisotopic (exact) mass is 552 g/mol. The van der Waals surface area contributed by atoms with Crippen LogP contribution in [0.15, 0.2) is 42.5 Å². The second kappa shape index (κ2) is 13.7. The summed E-state index contributed by atoms with van der Waals surface area (Å²) >= 11 is 0. The van der Waals surface area contributed by atoms with Crippen molar-refractivity contribution >= 4 is 8.32 Å². The largest absolute Gasteiger partial charge is 0.508 e. The first-order valence-corrected chi connectivity index (χ1v) is 17.2. The molecule has 3 rings (SSSR count). The third kappa shape index (κ3) is 8.27. The van der Waals surface area contributed by atoms with E-state index in [9.17, 15) is 5.11 Å². The first kappa shape index (κ1) is 31.1. The van der Waals surface area contributed by atoms with E-state index in [1.807, 2.05) is 24.3 Å². The number of hydrogen-bond donors (Lipinski definition) is 1. The van der Waals surface area contributed by atoms with E-state index in [-0.39, 0.29) is 28.9 Å². The van der Waals surface area contributed by atoms with Crippen LogP contribution >= 0.6 is 0 Å². The molecule has 2 atom stereocenters. The average molecular weight is 553 g/mol.